The van der Waals surface area contributed by atoms with E-state index in [2.05, 4.69) is 25.7 Å². The summed E-state index contributed by atoms with van der Waals surface area (Å²) in [5, 5.41) is 3.29. The summed E-state index contributed by atoms with van der Waals surface area (Å²) in [5.74, 6) is 0.559. The van der Waals surface area contributed by atoms with Gasteiger partial charge in [-0.1, -0.05) is 38.6 Å². The van der Waals surface area contributed by atoms with Gasteiger partial charge in [-0.15, -0.1) is 0 Å². The monoisotopic (exact) mass is 251 g/mol. The van der Waals surface area contributed by atoms with Gasteiger partial charge < -0.3 is 10.1 Å². The van der Waals surface area contributed by atoms with E-state index in [1.165, 1.54) is 6.07 Å². The van der Waals surface area contributed by atoms with E-state index >= 15 is 0 Å². The minimum Gasteiger partial charge on any atom is -0.483 e. The smallest absolute Gasteiger partial charge is 0.165 e. The maximum atomic E-state index is 13.7. The van der Waals surface area contributed by atoms with Crippen LogP contribution in [0.3, 0.4) is 0 Å². The zero-order chi connectivity index (χ0) is 13.5. The van der Waals surface area contributed by atoms with Crippen molar-refractivity contribution in [2.45, 2.75) is 33.4 Å². The highest BCUT2D eigenvalue weighted by atomic mass is 19.1. The lowest BCUT2D eigenvalue weighted by Crippen LogP contribution is -2.20. The lowest BCUT2D eigenvalue weighted by molar-refractivity contribution is 0.253. The van der Waals surface area contributed by atoms with Crippen molar-refractivity contribution in [2.75, 3.05) is 6.54 Å². The van der Waals surface area contributed by atoms with Crippen LogP contribution in [-0.2, 0) is 6.54 Å². The van der Waals surface area contributed by atoms with E-state index in [1.54, 1.807) is 12.1 Å². The van der Waals surface area contributed by atoms with Gasteiger partial charge >= 0.3 is 0 Å². The van der Waals surface area contributed by atoms with E-state index in [-0.39, 0.29) is 11.9 Å². The van der Waals surface area contributed by atoms with E-state index in [0.717, 1.165) is 12.1 Å². The van der Waals surface area contributed by atoms with E-state index in [1.807, 2.05) is 13.0 Å². The third-order valence-electron chi connectivity index (χ3n) is 2.55. The first kappa shape index (κ1) is 14.7. The first-order valence-electron chi connectivity index (χ1n) is 6.32. The summed E-state index contributed by atoms with van der Waals surface area (Å²) in [4.78, 5) is 0. The van der Waals surface area contributed by atoms with Gasteiger partial charge in [0, 0.05) is 12.1 Å². The quantitative estimate of drug-likeness (QED) is 0.749. The number of halogens is 1. The summed E-state index contributed by atoms with van der Waals surface area (Å²) in [6.07, 6.45) is 1.45. The van der Waals surface area contributed by atoms with E-state index in [4.69, 9.17) is 4.74 Å². The number of benzene rings is 1. The average molecular weight is 251 g/mol. The van der Waals surface area contributed by atoms with E-state index in [0.29, 0.717) is 18.2 Å². The lowest BCUT2D eigenvalue weighted by atomic mass is 10.1. The van der Waals surface area contributed by atoms with Gasteiger partial charge in [0.05, 0.1) is 0 Å². The first-order chi connectivity index (χ1) is 8.54. The van der Waals surface area contributed by atoms with Crippen molar-refractivity contribution in [1.82, 2.24) is 5.32 Å². The first-order valence-corrected chi connectivity index (χ1v) is 6.32. The lowest BCUT2D eigenvalue weighted by Gasteiger charge is -2.16. The van der Waals surface area contributed by atoms with Gasteiger partial charge in [-0.25, -0.2) is 4.39 Å². The third kappa shape index (κ3) is 4.49. The van der Waals surface area contributed by atoms with Crippen LogP contribution in [0, 0.1) is 11.7 Å². The van der Waals surface area contributed by atoms with Gasteiger partial charge in [-0.2, -0.15) is 0 Å². The molecule has 1 atom stereocenters. The molecule has 0 aliphatic heterocycles. The highest BCUT2D eigenvalue weighted by molar-refractivity contribution is 5.35. The van der Waals surface area contributed by atoms with Crippen molar-refractivity contribution in [3.05, 3.63) is 42.2 Å². The molecule has 0 saturated heterocycles. The van der Waals surface area contributed by atoms with Crippen LogP contribution in [0.2, 0.25) is 0 Å². The molecule has 18 heavy (non-hydrogen) atoms. The van der Waals surface area contributed by atoms with Crippen molar-refractivity contribution in [3.8, 4) is 5.75 Å². The van der Waals surface area contributed by atoms with Crippen molar-refractivity contribution in [1.29, 1.82) is 0 Å². The summed E-state index contributed by atoms with van der Waals surface area (Å²) in [6.45, 7) is 11.2. The molecule has 2 nitrogen and oxygen atoms in total. The van der Waals surface area contributed by atoms with Crippen LogP contribution < -0.4 is 10.1 Å². The predicted octanol–water partition coefficient (Wildman–Crippen LogP) is 3.52. The predicted molar refractivity (Wildman–Crippen MR) is 73.2 cm³/mol. The number of para-hydroxylation sites is 1. The Morgan fingerprint density at radius 2 is 2.11 bits per heavy atom. The number of hydrogen-bond acceptors (Lipinski definition) is 2. The summed E-state index contributed by atoms with van der Waals surface area (Å²) >= 11 is 0. The second-order valence-corrected chi connectivity index (χ2v) is 4.81. The SMILES string of the molecule is C=CC(C)Oc1c(F)cccc1CNCC(C)C. The number of hydrogen-bond donors (Lipinski definition) is 1. The average Bonchev–Trinajstić information content (AvgIpc) is 2.32. The zero-order valence-electron chi connectivity index (χ0n) is 11.4. The second kappa shape index (κ2) is 7.17. The molecule has 1 N–H and O–H groups in total. The van der Waals surface area contributed by atoms with Gasteiger partial charge in [0.15, 0.2) is 11.6 Å². The minimum atomic E-state index is -0.326. The van der Waals surface area contributed by atoms with Crippen molar-refractivity contribution in [2.24, 2.45) is 5.92 Å². The minimum absolute atomic E-state index is 0.203. The van der Waals surface area contributed by atoms with Gasteiger partial charge in [0.2, 0.25) is 0 Å². The maximum Gasteiger partial charge on any atom is 0.165 e. The molecule has 0 saturated carbocycles. The molecule has 1 unspecified atom stereocenters. The topological polar surface area (TPSA) is 21.3 Å². The zero-order valence-corrected chi connectivity index (χ0v) is 11.4. The summed E-state index contributed by atoms with van der Waals surface area (Å²) < 4.78 is 19.3. The largest absolute Gasteiger partial charge is 0.483 e. The fraction of sp³-hybridized carbons (Fsp3) is 0.467. The van der Waals surface area contributed by atoms with Crippen molar-refractivity contribution >= 4 is 0 Å². The summed E-state index contributed by atoms with van der Waals surface area (Å²) in [5.41, 5.74) is 0.837. The Kier molecular flexibility index (Phi) is 5.86. The molecule has 1 aromatic rings. The Bertz CT molecular complexity index is 390. The van der Waals surface area contributed by atoms with Crippen LogP contribution >= 0.6 is 0 Å². The number of rotatable bonds is 7. The molecule has 0 bridgehead atoms. The molecule has 0 aliphatic rings. The maximum absolute atomic E-state index is 13.7. The molecular weight excluding hydrogens is 229 g/mol. The molecule has 1 rings (SSSR count). The number of ether oxygens (including phenoxy) is 1. The molecule has 0 spiro atoms. The fourth-order valence-electron chi connectivity index (χ4n) is 1.55. The molecular formula is C15H22FNO. The van der Waals surface area contributed by atoms with Crippen LogP contribution in [0.5, 0.6) is 5.75 Å². The molecule has 0 aromatic heterocycles. The summed E-state index contributed by atoms with van der Waals surface area (Å²) in [6, 6.07) is 4.99. The Morgan fingerprint density at radius 1 is 1.39 bits per heavy atom. The molecule has 0 heterocycles. The standard InChI is InChI=1S/C15H22FNO/c1-5-12(4)18-15-13(7-6-8-14(15)16)10-17-9-11(2)3/h5-8,11-12,17H,1,9-10H2,2-4H3. The van der Waals surface area contributed by atoms with Gasteiger partial charge in [-0.3, -0.25) is 0 Å². The molecule has 1 aromatic carbocycles. The van der Waals surface area contributed by atoms with Gasteiger partial charge in [0.25, 0.3) is 0 Å². The second-order valence-electron chi connectivity index (χ2n) is 4.81. The van der Waals surface area contributed by atoms with Crippen LogP contribution in [0.25, 0.3) is 0 Å². The van der Waals surface area contributed by atoms with Gasteiger partial charge in [0.1, 0.15) is 6.10 Å². The number of nitrogens with one attached hydrogen (secondary N) is 1. The van der Waals surface area contributed by atoms with E-state index in [9.17, 15) is 4.39 Å². The molecule has 0 aliphatic carbocycles. The highest BCUT2D eigenvalue weighted by Gasteiger charge is 2.11. The van der Waals surface area contributed by atoms with Crippen LogP contribution in [0.1, 0.15) is 26.3 Å². The molecule has 0 fully saturated rings. The Morgan fingerprint density at radius 3 is 2.72 bits per heavy atom. The molecule has 0 amide bonds. The van der Waals surface area contributed by atoms with Gasteiger partial charge in [-0.05, 0) is 25.5 Å². The Labute approximate surface area is 109 Å². The third-order valence-corrected chi connectivity index (χ3v) is 2.55. The van der Waals surface area contributed by atoms with Crippen LogP contribution in [-0.4, -0.2) is 12.6 Å². The normalized spacial score (nSPS) is 12.5. The molecule has 3 heteroatoms. The van der Waals surface area contributed by atoms with Crippen LogP contribution in [0.4, 0.5) is 4.39 Å². The Balaban J connectivity index is 2.76. The summed E-state index contributed by atoms with van der Waals surface area (Å²) in [7, 11) is 0. The Hall–Kier alpha value is -1.35. The highest BCUT2D eigenvalue weighted by Crippen LogP contribution is 2.24. The van der Waals surface area contributed by atoms with Crippen LogP contribution in [0.15, 0.2) is 30.9 Å². The molecule has 0 radical (unpaired) electrons. The molecule has 100 valence electrons. The fourth-order valence-corrected chi connectivity index (χ4v) is 1.55. The van der Waals surface area contributed by atoms with Crippen molar-refractivity contribution < 1.29 is 9.13 Å². The van der Waals surface area contributed by atoms with Crippen molar-refractivity contribution in [3.63, 3.8) is 0 Å². The van der Waals surface area contributed by atoms with E-state index < -0.39 is 0 Å².